The van der Waals surface area contributed by atoms with Crippen LogP contribution >= 0.6 is 0 Å². The molecule has 0 saturated heterocycles. The van der Waals surface area contributed by atoms with E-state index in [1.54, 1.807) is 30.0 Å². The molecule has 0 spiro atoms. The Morgan fingerprint density at radius 1 is 1.03 bits per heavy atom. The minimum Gasteiger partial charge on any atom is -0.391 e. The minimum atomic E-state index is -1.03. The smallest absolute Gasteiger partial charge is 0.271 e. The first-order valence-corrected chi connectivity index (χ1v) is 12.1. The van der Waals surface area contributed by atoms with E-state index in [1.807, 2.05) is 24.3 Å². The Kier molecular flexibility index (Phi) is 8.33. The van der Waals surface area contributed by atoms with Gasteiger partial charge < -0.3 is 10.4 Å². The third kappa shape index (κ3) is 6.37. The fourth-order valence-electron chi connectivity index (χ4n) is 4.92. The molecule has 1 aromatic carbocycles. The molecular weight excluding hydrogens is 446 g/mol. The summed E-state index contributed by atoms with van der Waals surface area (Å²) in [5.41, 5.74) is 4.03. The summed E-state index contributed by atoms with van der Waals surface area (Å²) in [6.07, 6.45) is 9.06. The molecule has 1 aliphatic carbocycles. The zero-order valence-electron chi connectivity index (χ0n) is 19.5. The van der Waals surface area contributed by atoms with Crippen molar-refractivity contribution in [3.63, 3.8) is 0 Å². The quantitative estimate of drug-likeness (QED) is 0.275. The second-order valence-corrected chi connectivity index (χ2v) is 9.17. The lowest BCUT2D eigenvalue weighted by molar-refractivity contribution is -0.137. The van der Waals surface area contributed by atoms with Gasteiger partial charge in [-0.3, -0.25) is 24.8 Å². The summed E-state index contributed by atoms with van der Waals surface area (Å²) < 4.78 is 0. The van der Waals surface area contributed by atoms with E-state index in [0.717, 1.165) is 37.7 Å². The van der Waals surface area contributed by atoms with Gasteiger partial charge in [-0.2, -0.15) is 0 Å². The van der Waals surface area contributed by atoms with Gasteiger partial charge in [0.25, 0.3) is 5.91 Å². The maximum Gasteiger partial charge on any atom is 0.271 e. The Hall–Kier alpha value is -3.43. The third-order valence-electron chi connectivity index (χ3n) is 6.80. The van der Waals surface area contributed by atoms with E-state index < -0.39 is 29.9 Å². The zero-order chi connectivity index (χ0) is 24.6. The summed E-state index contributed by atoms with van der Waals surface area (Å²) in [5.74, 6) is -1.43. The topological polar surface area (TPSA) is 137 Å². The van der Waals surface area contributed by atoms with E-state index in [9.17, 15) is 19.9 Å². The molecule has 35 heavy (non-hydrogen) atoms. The van der Waals surface area contributed by atoms with Gasteiger partial charge in [0.1, 0.15) is 5.69 Å². The molecule has 0 aliphatic heterocycles. The largest absolute Gasteiger partial charge is 0.391 e. The first-order valence-electron chi connectivity index (χ1n) is 12.1. The molecule has 2 amide bonds. The summed E-state index contributed by atoms with van der Waals surface area (Å²) in [6, 6.07) is 10.2. The highest BCUT2D eigenvalue weighted by atomic mass is 16.5. The molecule has 3 unspecified atom stereocenters. The molecular formula is C26H31N5O4. The number of para-hydroxylation sites is 2. The molecule has 2 aromatic heterocycles. The summed E-state index contributed by atoms with van der Waals surface area (Å²) in [6.45, 7) is 0. The average molecular weight is 478 g/mol. The van der Waals surface area contributed by atoms with Crippen LogP contribution in [0.25, 0.3) is 11.0 Å². The van der Waals surface area contributed by atoms with E-state index >= 15 is 0 Å². The van der Waals surface area contributed by atoms with Crippen LogP contribution in [0.15, 0.2) is 55.0 Å². The number of aliphatic hydroxyl groups is 1. The first-order chi connectivity index (χ1) is 17.0. The lowest BCUT2D eigenvalue weighted by atomic mass is 9.76. The molecule has 0 radical (unpaired) electrons. The van der Waals surface area contributed by atoms with Crippen molar-refractivity contribution >= 4 is 22.8 Å². The second kappa shape index (κ2) is 11.8. The van der Waals surface area contributed by atoms with Gasteiger partial charge in [-0.05, 0) is 55.4 Å². The van der Waals surface area contributed by atoms with Crippen molar-refractivity contribution in [1.29, 1.82) is 0 Å². The fourth-order valence-corrected chi connectivity index (χ4v) is 4.92. The highest BCUT2D eigenvalue weighted by Crippen LogP contribution is 2.33. The van der Waals surface area contributed by atoms with E-state index in [-0.39, 0.29) is 18.0 Å². The molecule has 3 atom stereocenters. The Bertz CT molecular complexity index is 1140. The van der Waals surface area contributed by atoms with Crippen molar-refractivity contribution < 1.29 is 19.9 Å². The number of hydrogen-bond donors (Lipinski definition) is 4. The number of carbonyl (C=O) groups is 2. The van der Waals surface area contributed by atoms with Crippen LogP contribution < -0.4 is 10.8 Å². The summed E-state index contributed by atoms with van der Waals surface area (Å²) >= 11 is 0. The molecule has 9 heteroatoms. The number of aliphatic hydroxyl groups excluding tert-OH is 1. The van der Waals surface area contributed by atoms with Crippen LogP contribution in [0.5, 0.6) is 0 Å². The lowest BCUT2D eigenvalue weighted by Crippen LogP contribution is -2.47. The first kappa shape index (κ1) is 24.7. The molecule has 1 saturated carbocycles. The second-order valence-electron chi connectivity index (χ2n) is 9.17. The number of nitrogens with one attached hydrogen (secondary N) is 2. The van der Waals surface area contributed by atoms with Crippen molar-refractivity contribution in [2.24, 2.45) is 11.8 Å². The Labute approximate surface area is 204 Å². The number of nitrogens with zero attached hydrogens (tertiary/aromatic N) is 3. The van der Waals surface area contributed by atoms with Crippen molar-refractivity contribution in [1.82, 2.24) is 25.7 Å². The number of hydroxylamine groups is 1. The monoisotopic (exact) mass is 477 g/mol. The van der Waals surface area contributed by atoms with Crippen molar-refractivity contribution in [3.05, 3.63) is 66.2 Å². The van der Waals surface area contributed by atoms with Crippen LogP contribution in [0.4, 0.5) is 0 Å². The third-order valence-corrected chi connectivity index (χ3v) is 6.80. The predicted octanol–water partition coefficient (Wildman–Crippen LogP) is 2.82. The highest BCUT2D eigenvalue weighted by molar-refractivity contribution is 5.94. The van der Waals surface area contributed by atoms with Crippen LogP contribution in [0, 0.1) is 11.8 Å². The van der Waals surface area contributed by atoms with Crippen LogP contribution in [0.2, 0.25) is 0 Å². The number of rotatable bonds is 9. The summed E-state index contributed by atoms with van der Waals surface area (Å²) in [7, 11) is 0. The number of carbonyl (C=O) groups excluding carboxylic acids is 2. The SMILES string of the molecule is O=C(NC(Cc1cccnc1)C(O)CC(C(=O)NO)C1CCCCC1)c1cnc2ccccc2n1. The van der Waals surface area contributed by atoms with E-state index in [4.69, 9.17) is 0 Å². The van der Waals surface area contributed by atoms with E-state index in [2.05, 4.69) is 20.3 Å². The maximum atomic E-state index is 13.1. The van der Waals surface area contributed by atoms with Gasteiger partial charge in [0, 0.05) is 18.3 Å². The van der Waals surface area contributed by atoms with Gasteiger partial charge in [-0.15, -0.1) is 0 Å². The molecule has 3 aromatic rings. The normalized spacial score (nSPS) is 16.9. The van der Waals surface area contributed by atoms with Gasteiger partial charge in [0.05, 0.1) is 29.4 Å². The predicted molar refractivity (Wildman–Crippen MR) is 129 cm³/mol. The molecule has 4 rings (SSSR count). The molecule has 1 fully saturated rings. The van der Waals surface area contributed by atoms with Gasteiger partial charge >= 0.3 is 0 Å². The molecule has 184 valence electrons. The summed E-state index contributed by atoms with van der Waals surface area (Å²) in [4.78, 5) is 38.5. The van der Waals surface area contributed by atoms with E-state index in [0.29, 0.717) is 17.5 Å². The Balaban J connectivity index is 1.54. The highest BCUT2D eigenvalue weighted by Gasteiger charge is 2.34. The molecule has 0 bridgehead atoms. The number of hydrogen-bond acceptors (Lipinski definition) is 7. The molecule has 4 N–H and O–H groups in total. The number of benzene rings is 1. The minimum absolute atomic E-state index is 0.0756. The van der Waals surface area contributed by atoms with Crippen LogP contribution in [0.1, 0.15) is 54.6 Å². The van der Waals surface area contributed by atoms with Gasteiger partial charge in [0.15, 0.2) is 0 Å². The maximum absolute atomic E-state index is 13.1. The zero-order valence-corrected chi connectivity index (χ0v) is 19.5. The van der Waals surface area contributed by atoms with Crippen molar-refractivity contribution in [2.75, 3.05) is 0 Å². The molecule has 1 aliphatic rings. The van der Waals surface area contributed by atoms with Gasteiger partial charge in [-0.1, -0.05) is 37.5 Å². The standard InChI is InChI=1S/C26H31N5O4/c32-24(14-19(25(33)31-35)18-8-2-1-3-9-18)22(13-17-7-6-12-27-15-17)30-26(34)23-16-28-20-10-4-5-11-21(20)29-23/h4-7,10-12,15-16,18-19,22,24,32,35H,1-3,8-9,13-14H2,(H,30,34)(H,31,33). The Morgan fingerprint density at radius 2 is 1.80 bits per heavy atom. The van der Waals surface area contributed by atoms with Gasteiger partial charge in [0.2, 0.25) is 5.91 Å². The fraction of sp³-hybridized carbons (Fsp3) is 0.423. The van der Waals surface area contributed by atoms with Crippen LogP contribution in [-0.2, 0) is 11.2 Å². The van der Waals surface area contributed by atoms with E-state index in [1.165, 1.54) is 6.20 Å². The Morgan fingerprint density at radius 3 is 2.51 bits per heavy atom. The van der Waals surface area contributed by atoms with Crippen LogP contribution in [-0.4, -0.2) is 49.2 Å². The number of amides is 2. The van der Waals surface area contributed by atoms with Crippen LogP contribution in [0.3, 0.4) is 0 Å². The molecule has 2 heterocycles. The van der Waals surface area contributed by atoms with Gasteiger partial charge in [-0.25, -0.2) is 10.5 Å². The summed E-state index contributed by atoms with van der Waals surface area (Å²) in [5, 5.41) is 23.5. The van der Waals surface area contributed by atoms with Crippen molar-refractivity contribution in [2.45, 2.75) is 57.1 Å². The van der Waals surface area contributed by atoms with Crippen molar-refractivity contribution in [3.8, 4) is 0 Å². The number of aromatic nitrogens is 3. The lowest BCUT2D eigenvalue weighted by Gasteiger charge is -2.32. The molecule has 9 nitrogen and oxygen atoms in total. The number of pyridine rings is 1. The number of fused-ring (bicyclic) bond motifs is 1. The average Bonchev–Trinajstić information content (AvgIpc) is 2.91.